The zero-order chi connectivity index (χ0) is 21.4. The number of hydrogen-bond acceptors (Lipinski definition) is 7. The molecule has 5 heterocycles. The summed E-state index contributed by atoms with van der Waals surface area (Å²) in [4.78, 5) is 14.2. The summed E-state index contributed by atoms with van der Waals surface area (Å²) in [7, 11) is 0. The first-order chi connectivity index (χ1) is 15.1. The van der Waals surface area contributed by atoms with Gasteiger partial charge in [0.1, 0.15) is 23.0 Å². The largest absolute Gasteiger partial charge is 0.361 e. The second kappa shape index (κ2) is 8.11. The summed E-state index contributed by atoms with van der Waals surface area (Å²) in [5.74, 6) is 1.92. The standard InChI is InChI=1S/C23H27N7O/c1-4-19-17(3)25-22-14-20(21-13-16(2)31-27-21)26-30(22)23(19)29-11-9-28(10-12-29)15-18-7-5-6-8-24-18/h5-8,13-14H,4,9-12,15H2,1-3H3. The Kier molecular flexibility index (Phi) is 5.15. The third-order valence-corrected chi connectivity index (χ3v) is 5.91. The van der Waals surface area contributed by atoms with Gasteiger partial charge in [0.2, 0.25) is 0 Å². The Morgan fingerprint density at radius 2 is 1.87 bits per heavy atom. The molecule has 0 saturated carbocycles. The maximum absolute atomic E-state index is 5.25. The third-order valence-electron chi connectivity index (χ3n) is 5.91. The van der Waals surface area contributed by atoms with Crippen molar-refractivity contribution in [1.82, 2.24) is 29.6 Å². The minimum Gasteiger partial charge on any atom is -0.361 e. The molecule has 4 aromatic heterocycles. The van der Waals surface area contributed by atoms with Gasteiger partial charge in [-0.05, 0) is 32.4 Å². The molecule has 8 heteroatoms. The molecule has 0 N–H and O–H groups in total. The van der Waals surface area contributed by atoms with Crippen molar-refractivity contribution in [1.29, 1.82) is 0 Å². The third kappa shape index (κ3) is 3.79. The molecule has 1 aliphatic rings. The minimum absolute atomic E-state index is 0.741. The van der Waals surface area contributed by atoms with Gasteiger partial charge < -0.3 is 9.42 Å². The smallest absolute Gasteiger partial charge is 0.158 e. The predicted octanol–water partition coefficient (Wildman–Crippen LogP) is 3.28. The van der Waals surface area contributed by atoms with Gasteiger partial charge in [0.25, 0.3) is 0 Å². The maximum atomic E-state index is 5.25. The molecule has 8 nitrogen and oxygen atoms in total. The van der Waals surface area contributed by atoms with Gasteiger partial charge in [-0.3, -0.25) is 9.88 Å². The Morgan fingerprint density at radius 3 is 2.55 bits per heavy atom. The van der Waals surface area contributed by atoms with Crippen molar-refractivity contribution in [2.45, 2.75) is 33.7 Å². The summed E-state index contributed by atoms with van der Waals surface area (Å²) in [6, 6.07) is 10.0. The zero-order valence-electron chi connectivity index (χ0n) is 18.2. The molecule has 1 aliphatic heterocycles. The average Bonchev–Trinajstić information content (AvgIpc) is 3.40. The van der Waals surface area contributed by atoms with E-state index >= 15 is 0 Å². The number of anilines is 1. The first-order valence-corrected chi connectivity index (χ1v) is 10.8. The van der Waals surface area contributed by atoms with Crippen LogP contribution < -0.4 is 4.90 Å². The lowest BCUT2D eigenvalue weighted by atomic mass is 10.1. The quantitative estimate of drug-likeness (QED) is 0.493. The highest BCUT2D eigenvalue weighted by Crippen LogP contribution is 2.28. The fraction of sp³-hybridized carbons (Fsp3) is 0.391. The number of pyridine rings is 1. The molecule has 0 aliphatic carbocycles. The molecule has 0 radical (unpaired) electrons. The van der Waals surface area contributed by atoms with Crippen LogP contribution in [0.5, 0.6) is 0 Å². The minimum atomic E-state index is 0.741. The summed E-state index contributed by atoms with van der Waals surface area (Å²) in [5.41, 5.74) is 5.79. The van der Waals surface area contributed by atoms with E-state index in [1.54, 1.807) is 0 Å². The number of aryl methyl sites for hydroxylation is 2. The van der Waals surface area contributed by atoms with Crippen molar-refractivity contribution in [2.75, 3.05) is 31.1 Å². The predicted molar refractivity (Wildman–Crippen MR) is 119 cm³/mol. The van der Waals surface area contributed by atoms with Crippen LogP contribution in [0.3, 0.4) is 0 Å². The Bertz CT molecular complexity index is 1190. The van der Waals surface area contributed by atoms with Crippen LogP contribution in [0, 0.1) is 13.8 Å². The maximum Gasteiger partial charge on any atom is 0.158 e. The van der Waals surface area contributed by atoms with E-state index in [9.17, 15) is 0 Å². The van der Waals surface area contributed by atoms with Crippen LogP contribution in [0.1, 0.15) is 29.6 Å². The summed E-state index contributed by atoms with van der Waals surface area (Å²) in [5, 5.41) is 9.01. The van der Waals surface area contributed by atoms with Gasteiger partial charge in [0, 0.05) is 62.3 Å². The fourth-order valence-corrected chi connectivity index (χ4v) is 4.33. The van der Waals surface area contributed by atoms with Crippen molar-refractivity contribution < 1.29 is 4.52 Å². The number of hydrogen-bond donors (Lipinski definition) is 0. The highest BCUT2D eigenvalue weighted by molar-refractivity contribution is 5.65. The second-order valence-electron chi connectivity index (χ2n) is 8.06. The Morgan fingerprint density at radius 1 is 1.03 bits per heavy atom. The van der Waals surface area contributed by atoms with Crippen LogP contribution in [0.4, 0.5) is 5.82 Å². The van der Waals surface area contributed by atoms with Gasteiger partial charge in [-0.1, -0.05) is 18.1 Å². The molecule has 0 amide bonds. The molecule has 31 heavy (non-hydrogen) atoms. The molecular formula is C23H27N7O. The average molecular weight is 418 g/mol. The lowest BCUT2D eigenvalue weighted by Gasteiger charge is -2.36. The molecule has 0 unspecified atom stereocenters. The molecule has 1 saturated heterocycles. The summed E-state index contributed by atoms with van der Waals surface area (Å²) < 4.78 is 7.24. The van der Waals surface area contributed by atoms with Gasteiger partial charge in [0.15, 0.2) is 5.65 Å². The lowest BCUT2D eigenvalue weighted by molar-refractivity contribution is 0.246. The van der Waals surface area contributed by atoms with E-state index in [-0.39, 0.29) is 0 Å². The Hall–Kier alpha value is -3.26. The SMILES string of the molecule is CCc1c(C)nc2cc(-c3cc(C)on3)nn2c1N1CCN(Cc2ccccn2)CC1. The van der Waals surface area contributed by atoms with Crippen LogP contribution >= 0.6 is 0 Å². The molecule has 4 aromatic rings. The van der Waals surface area contributed by atoms with Crippen molar-refractivity contribution in [3.8, 4) is 11.4 Å². The van der Waals surface area contributed by atoms with Crippen molar-refractivity contribution in [3.05, 3.63) is 59.2 Å². The molecule has 5 rings (SSSR count). The van der Waals surface area contributed by atoms with E-state index in [2.05, 4.69) is 39.9 Å². The van der Waals surface area contributed by atoms with Crippen molar-refractivity contribution in [3.63, 3.8) is 0 Å². The van der Waals surface area contributed by atoms with E-state index in [0.29, 0.717) is 0 Å². The van der Waals surface area contributed by atoms with Crippen LogP contribution in [0.25, 0.3) is 17.0 Å². The second-order valence-corrected chi connectivity index (χ2v) is 8.06. The molecule has 160 valence electrons. The summed E-state index contributed by atoms with van der Waals surface area (Å²) >= 11 is 0. The van der Waals surface area contributed by atoms with E-state index in [4.69, 9.17) is 14.6 Å². The Balaban J connectivity index is 1.45. The number of piperazine rings is 1. The van der Waals surface area contributed by atoms with Crippen LogP contribution in [0.2, 0.25) is 0 Å². The van der Waals surface area contributed by atoms with Gasteiger partial charge >= 0.3 is 0 Å². The van der Waals surface area contributed by atoms with E-state index in [1.165, 1.54) is 5.56 Å². The molecule has 0 aromatic carbocycles. The Labute approximate surface area is 181 Å². The van der Waals surface area contributed by atoms with E-state index in [0.717, 1.165) is 79.1 Å². The van der Waals surface area contributed by atoms with Crippen molar-refractivity contribution in [2.24, 2.45) is 0 Å². The highest BCUT2D eigenvalue weighted by atomic mass is 16.5. The van der Waals surface area contributed by atoms with Gasteiger partial charge in [0.05, 0.1) is 5.69 Å². The van der Waals surface area contributed by atoms with E-state index in [1.807, 2.05) is 41.9 Å². The highest BCUT2D eigenvalue weighted by Gasteiger charge is 2.24. The van der Waals surface area contributed by atoms with Gasteiger partial charge in [-0.25, -0.2) is 4.98 Å². The first kappa shape index (κ1) is 19.7. The number of rotatable bonds is 5. The molecular weight excluding hydrogens is 390 g/mol. The zero-order valence-corrected chi connectivity index (χ0v) is 18.2. The topological polar surface area (TPSA) is 75.6 Å². The lowest BCUT2D eigenvalue weighted by Crippen LogP contribution is -2.47. The van der Waals surface area contributed by atoms with Gasteiger partial charge in [-0.15, -0.1) is 0 Å². The molecule has 0 bridgehead atoms. The summed E-state index contributed by atoms with van der Waals surface area (Å²) in [6.45, 7) is 10.9. The first-order valence-electron chi connectivity index (χ1n) is 10.8. The van der Waals surface area contributed by atoms with Crippen LogP contribution in [-0.2, 0) is 13.0 Å². The molecule has 0 spiro atoms. The van der Waals surface area contributed by atoms with Crippen LogP contribution in [-0.4, -0.2) is 55.8 Å². The summed E-state index contributed by atoms with van der Waals surface area (Å²) in [6.07, 6.45) is 2.78. The van der Waals surface area contributed by atoms with Crippen molar-refractivity contribution >= 4 is 11.5 Å². The molecule has 1 fully saturated rings. The number of fused-ring (bicyclic) bond motifs is 1. The van der Waals surface area contributed by atoms with Crippen LogP contribution in [0.15, 0.2) is 41.1 Å². The normalized spacial score (nSPS) is 15.1. The number of nitrogens with zero attached hydrogens (tertiary/aromatic N) is 7. The molecule has 0 atom stereocenters. The number of aromatic nitrogens is 5. The van der Waals surface area contributed by atoms with E-state index < -0.39 is 0 Å². The fourth-order valence-electron chi connectivity index (χ4n) is 4.33. The van der Waals surface area contributed by atoms with Gasteiger partial charge in [-0.2, -0.15) is 9.61 Å². The monoisotopic (exact) mass is 417 g/mol.